The number of hydrogen-bond donors (Lipinski definition) is 0. The third-order valence-corrected chi connectivity index (χ3v) is 7.31. The van der Waals surface area contributed by atoms with Crippen molar-refractivity contribution in [2.75, 3.05) is 32.7 Å². The van der Waals surface area contributed by atoms with Crippen molar-refractivity contribution in [1.29, 1.82) is 0 Å². The van der Waals surface area contributed by atoms with Gasteiger partial charge < -0.3 is 14.7 Å². The van der Waals surface area contributed by atoms with Crippen LogP contribution in [-0.4, -0.2) is 81.0 Å². The summed E-state index contributed by atoms with van der Waals surface area (Å²) >= 11 is 0. The summed E-state index contributed by atoms with van der Waals surface area (Å²) in [5, 5.41) is 4.23. The Bertz CT molecular complexity index is 1000. The molecule has 3 saturated heterocycles. The van der Waals surface area contributed by atoms with Crippen LogP contribution in [0.25, 0.3) is 5.69 Å². The Labute approximate surface area is 194 Å². The van der Waals surface area contributed by atoms with Gasteiger partial charge in [0.2, 0.25) is 11.8 Å². The zero-order valence-corrected chi connectivity index (χ0v) is 18.9. The lowest BCUT2D eigenvalue weighted by Gasteiger charge is -2.47. The number of carbonyl (C=O) groups is 3. The molecule has 4 heterocycles. The molecular formula is C25H31N5O3. The molecular weight excluding hydrogens is 418 g/mol. The van der Waals surface area contributed by atoms with Gasteiger partial charge in [0.1, 0.15) is 0 Å². The normalized spacial score (nSPS) is 23.2. The van der Waals surface area contributed by atoms with Crippen LogP contribution in [0.15, 0.2) is 42.7 Å². The lowest BCUT2D eigenvalue weighted by Crippen LogP contribution is -2.57. The van der Waals surface area contributed by atoms with E-state index in [-0.39, 0.29) is 23.8 Å². The molecule has 3 aliphatic rings. The number of hydrogen-bond acceptors (Lipinski definition) is 4. The quantitative estimate of drug-likeness (QED) is 0.678. The summed E-state index contributed by atoms with van der Waals surface area (Å²) in [6.07, 6.45) is 8.23. The number of likely N-dealkylation sites (tertiary alicyclic amines) is 3. The standard InChI is InChI=1S/C25H31N5O3/c31-23-4-1-13-27(23)14-3-15-29-22-11-17-28(18-20(22)7-10-24(29)32)25(33)19-5-8-21(9-6-19)30-16-2-12-26-30/h2,5-6,8-9,12,16,20,22H,1,3-4,7,10-11,13-15,17-18H2/t20-,22+/m1/s1. The summed E-state index contributed by atoms with van der Waals surface area (Å²) in [4.78, 5) is 43.6. The van der Waals surface area contributed by atoms with Crippen LogP contribution in [-0.2, 0) is 9.59 Å². The number of fused-ring (bicyclic) bond motifs is 1. The molecule has 33 heavy (non-hydrogen) atoms. The molecule has 0 radical (unpaired) electrons. The summed E-state index contributed by atoms with van der Waals surface area (Å²) in [5.41, 5.74) is 1.61. The zero-order chi connectivity index (χ0) is 22.8. The predicted molar refractivity (Wildman–Crippen MR) is 123 cm³/mol. The zero-order valence-electron chi connectivity index (χ0n) is 18.9. The summed E-state index contributed by atoms with van der Waals surface area (Å²) in [6.45, 7) is 3.64. The topological polar surface area (TPSA) is 78.8 Å². The van der Waals surface area contributed by atoms with Crippen LogP contribution in [0.5, 0.6) is 0 Å². The highest BCUT2D eigenvalue weighted by molar-refractivity contribution is 5.94. The Hall–Kier alpha value is -3.16. The summed E-state index contributed by atoms with van der Waals surface area (Å²) in [5.74, 6) is 0.828. The van der Waals surface area contributed by atoms with Crippen LogP contribution in [0.3, 0.4) is 0 Å². The van der Waals surface area contributed by atoms with E-state index in [2.05, 4.69) is 5.10 Å². The maximum Gasteiger partial charge on any atom is 0.253 e. The Morgan fingerprint density at radius 3 is 2.58 bits per heavy atom. The Kier molecular flexibility index (Phi) is 6.15. The van der Waals surface area contributed by atoms with Crippen LogP contribution in [0.1, 0.15) is 48.9 Å². The first-order chi connectivity index (χ1) is 16.1. The highest BCUT2D eigenvalue weighted by Crippen LogP contribution is 2.32. The molecule has 3 aliphatic heterocycles. The molecule has 0 N–H and O–H groups in total. The maximum absolute atomic E-state index is 13.2. The van der Waals surface area contributed by atoms with Gasteiger partial charge in [0, 0.05) is 69.6 Å². The van der Waals surface area contributed by atoms with Gasteiger partial charge in [0.05, 0.1) is 5.69 Å². The third kappa shape index (κ3) is 4.51. The van der Waals surface area contributed by atoms with Crippen LogP contribution in [0.4, 0.5) is 0 Å². The van der Waals surface area contributed by atoms with Gasteiger partial charge in [-0.1, -0.05) is 0 Å². The van der Waals surface area contributed by atoms with Crippen LogP contribution in [0.2, 0.25) is 0 Å². The van der Waals surface area contributed by atoms with Crippen molar-refractivity contribution < 1.29 is 14.4 Å². The van der Waals surface area contributed by atoms with E-state index in [1.807, 2.05) is 51.2 Å². The summed E-state index contributed by atoms with van der Waals surface area (Å²) in [7, 11) is 0. The molecule has 0 aliphatic carbocycles. The second kappa shape index (κ2) is 9.37. The van der Waals surface area contributed by atoms with Crippen molar-refractivity contribution in [1.82, 2.24) is 24.5 Å². The van der Waals surface area contributed by atoms with Gasteiger partial charge in [0.25, 0.3) is 5.91 Å². The molecule has 0 saturated carbocycles. The van der Waals surface area contributed by atoms with Gasteiger partial charge in [-0.15, -0.1) is 0 Å². The molecule has 2 atom stereocenters. The second-order valence-corrected chi connectivity index (χ2v) is 9.33. The minimum atomic E-state index is 0.0523. The van der Waals surface area contributed by atoms with E-state index in [4.69, 9.17) is 0 Å². The van der Waals surface area contributed by atoms with E-state index in [0.717, 1.165) is 44.5 Å². The average Bonchev–Trinajstić information content (AvgIpc) is 3.52. The van der Waals surface area contributed by atoms with Gasteiger partial charge in [-0.3, -0.25) is 14.4 Å². The molecule has 0 unspecified atom stereocenters. The average molecular weight is 450 g/mol. The third-order valence-electron chi connectivity index (χ3n) is 7.31. The fourth-order valence-corrected chi connectivity index (χ4v) is 5.56. The van der Waals surface area contributed by atoms with Gasteiger partial charge in [0.15, 0.2) is 0 Å². The Morgan fingerprint density at radius 2 is 1.85 bits per heavy atom. The lowest BCUT2D eigenvalue weighted by atomic mass is 9.83. The minimum Gasteiger partial charge on any atom is -0.343 e. The number of aromatic nitrogens is 2. The van der Waals surface area contributed by atoms with E-state index >= 15 is 0 Å². The van der Waals surface area contributed by atoms with Crippen LogP contribution < -0.4 is 0 Å². The van der Waals surface area contributed by atoms with Crippen LogP contribution in [0, 0.1) is 5.92 Å². The second-order valence-electron chi connectivity index (χ2n) is 9.33. The number of nitrogens with zero attached hydrogens (tertiary/aromatic N) is 5. The number of amides is 3. The van der Waals surface area contributed by atoms with Gasteiger partial charge in [-0.25, -0.2) is 4.68 Å². The SMILES string of the molecule is O=C1CCCN1CCCN1C(=O)CC[C@@H]2CN(C(=O)c3ccc(-n4cccn4)cc3)CC[C@@H]21. The fraction of sp³-hybridized carbons (Fsp3) is 0.520. The van der Waals surface area contributed by atoms with E-state index < -0.39 is 0 Å². The van der Waals surface area contributed by atoms with Crippen LogP contribution >= 0.6 is 0 Å². The van der Waals surface area contributed by atoms with Gasteiger partial charge >= 0.3 is 0 Å². The molecule has 0 spiro atoms. The van der Waals surface area contributed by atoms with E-state index in [9.17, 15) is 14.4 Å². The first kappa shape index (κ1) is 21.7. The monoisotopic (exact) mass is 449 g/mol. The molecule has 0 bridgehead atoms. The number of carbonyl (C=O) groups excluding carboxylic acids is 3. The maximum atomic E-state index is 13.2. The molecule has 8 nitrogen and oxygen atoms in total. The Balaban J connectivity index is 1.18. The van der Waals surface area contributed by atoms with Crippen molar-refractivity contribution in [3.8, 4) is 5.69 Å². The minimum absolute atomic E-state index is 0.0523. The molecule has 3 fully saturated rings. The van der Waals surface area contributed by atoms with Crippen molar-refractivity contribution in [3.63, 3.8) is 0 Å². The number of rotatable bonds is 6. The van der Waals surface area contributed by atoms with Crippen molar-refractivity contribution in [2.24, 2.45) is 5.92 Å². The highest BCUT2D eigenvalue weighted by Gasteiger charge is 2.40. The van der Waals surface area contributed by atoms with E-state index in [1.165, 1.54) is 0 Å². The van der Waals surface area contributed by atoms with Crippen molar-refractivity contribution in [3.05, 3.63) is 48.3 Å². The molecule has 1 aromatic carbocycles. The summed E-state index contributed by atoms with van der Waals surface area (Å²) in [6, 6.07) is 9.63. The molecule has 2 aromatic rings. The molecule has 174 valence electrons. The smallest absolute Gasteiger partial charge is 0.253 e. The number of benzene rings is 1. The lowest BCUT2D eigenvalue weighted by molar-refractivity contribution is -0.140. The highest BCUT2D eigenvalue weighted by atomic mass is 16.2. The predicted octanol–water partition coefficient (Wildman–Crippen LogP) is 2.34. The van der Waals surface area contributed by atoms with E-state index in [1.54, 1.807) is 10.9 Å². The molecule has 8 heteroatoms. The number of piperidine rings is 2. The van der Waals surface area contributed by atoms with Gasteiger partial charge in [-0.05, 0) is 61.9 Å². The van der Waals surface area contributed by atoms with Gasteiger partial charge in [-0.2, -0.15) is 5.10 Å². The van der Waals surface area contributed by atoms with E-state index in [0.29, 0.717) is 44.0 Å². The molecule has 3 amide bonds. The van der Waals surface area contributed by atoms with Crippen molar-refractivity contribution >= 4 is 17.7 Å². The fourth-order valence-electron chi connectivity index (χ4n) is 5.56. The Morgan fingerprint density at radius 1 is 1.00 bits per heavy atom. The largest absolute Gasteiger partial charge is 0.343 e. The molecule has 5 rings (SSSR count). The van der Waals surface area contributed by atoms with Crippen molar-refractivity contribution in [2.45, 2.75) is 44.6 Å². The first-order valence-corrected chi connectivity index (χ1v) is 12.1. The first-order valence-electron chi connectivity index (χ1n) is 12.1. The molecule has 1 aromatic heterocycles. The summed E-state index contributed by atoms with van der Waals surface area (Å²) < 4.78 is 1.77.